The monoisotopic (exact) mass is 207 g/mol. The minimum Gasteiger partial charge on any atom is -1.00 e. The summed E-state index contributed by atoms with van der Waals surface area (Å²) >= 11 is 0. The Balaban J connectivity index is 0.000000605. The highest BCUT2D eigenvalue weighted by molar-refractivity contribution is 5.14. The van der Waals surface area contributed by atoms with Crippen LogP contribution in [0.1, 0.15) is 17.1 Å². The zero-order valence-electron chi connectivity index (χ0n) is 6.77. The predicted molar refractivity (Wildman–Crippen MR) is 34.9 cm³/mol. The molecular formula is C7H11Cl2N3. The standard InChI is InChI=1S/C7H9N3.2ClH/c1-5-9-3-6-2-8-4-7(6)10-5;;/h3,8H,2,4H2,1H3;2*1H. The molecule has 1 aromatic rings. The Morgan fingerprint density at radius 2 is 2.17 bits per heavy atom. The summed E-state index contributed by atoms with van der Waals surface area (Å²) in [4.78, 5) is 7.47. The van der Waals surface area contributed by atoms with Gasteiger partial charge < -0.3 is 30.1 Å². The number of halogens is 2. The zero-order valence-corrected chi connectivity index (χ0v) is 8.28. The minimum absolute atomic E-state index is 0. The van der Waals surface area contributed by atoms with E-state index in [1.807, 2.05) is 6.92 Å². The van der Waals surface area contributed by atoms with Gasteiger partial charge in [0.05, 0.1) is 5.56 Å². The van der Waals surface area contributed by atoms with Gasteiger partial charge in [0, 0.05) is 6.92 Å². The number of nitrogens with one attached hydrogen (secondary N) is 1. The Bertz CT molecular complexity index is 265. The van der Waals surface area contributed by atoms with Gasteiger partial charge in [-0.1, -0.05) is 0 Å². The number of H-pyrrole nitrogens is 1. The second-order valence-corrected chi connectivity index (χ2v) is 2.65. The summed E-state index contributed by atoms with van der Waals surface area (Å²) in [5, 5.41) is 2.25. The maximum absolute atomic E-state index is 4.37. The highest BCUT2D eigenvalue weighted by atomic mass is 35.5. The summed E-state index contributed by atoms with van der Waals surface area (Å²) in [5.41, 5.74) is 2.60. The van der Waals surface area contributed by atoms with Crippen LogP contribution >= 0.6 is 0 Å². The fourth-order valence-corrected chi connectivity index (χ4v) is 1.30. The highest BCUT2D eigenvalue weighted by Gasteiger charge is 2.20. The van der Waals surface area contributed by atoms with Crippen molar-refractivity contribution in [3.05, 3.63) is 23.3 Å². The van der Waals surface area contributed by atoms with Gasteiger partial charge in [0.1, 0.15) is 19.3 Å². The van der Waals surface area contributed by atoms with Gasteiger partial charge in [-0.05, 0) is 4.98 Å². The second-order valence-electron chi connectivity index (χ2n) is 2.65. The molecule has 0 aromatic carbocycles. The molecule has 0 fully saturated rings. The number of hydrogen-bond acceptors (Lipinski definition) is 1. The first kappa shape index (κ1) is 11.6. The third-order valence-electron chi connectivity index (χ3n) is 1.83. The lowest BCUT2D eigenvalue weighted by atomic mass is 10.3. The normalized spacial score (nSPS) is 12.8. The lowest BCUT2D eigenvalue weighted by molar-refractivity contribution is -0.676. The summed E-state index contributed by atoms with van der Waals surface area (Å²) in [5.74, 6) is 1.01. The molecule has 0 aliphatic carbocycles. The summed E-state index contributed by atoms with van der Waals surface area (Å²) < 4.78 is 0. The van der Waals surface area contributed by atoms with Crippen LogP contribution in [0.3, 0.4) is 0 Å². The Morgan fingerprint density at radius 3 is 2.92 bits per heavy atom. The number of quaternary nitrogens is 1. The van der Waals surface area contributed by atoms with Crippen molar-refractivity contribution in [2.75, 3.05) is 0 Å². The van der Waals surface area contributed by atoms with Crippen LogP contribution in [0.4, 0.5) is 0 Å². The average Bonchev–Trinajstić information content (AvgIpc) is 2.33. The van der Waals surface area contributed by atoms with Crippen LogP contribution in [0, 0.1) is 6.92 Å². The SMILES string of the molecule is Cc1nc2c(c[nH+]1)C[NH2+]C2.[Cl-].[Cl-]. The molecule has 0 saturated carbocycles. The zero-order chi connectivity index (χ0) is 6.97. The van der Waals surface area contributed by atoms with Gasteiger partial charge in [0.15, 0.2) is 0 Å². The van der Waals surface area contributed by atoms with E-state index >= 15 is 0 Å². The van der Waals surface area contributed by atoms with Crippen LogP contribution in [0.25, 0.3) is 0 Å². The van der Waals surface area contributed by atoms with Crippen molar-refractivity contribution in [1.82, 2.24) is 4.98 Å². The van der Waals surface area contributed by atoms with Crippen LogP contribution < -0.4 is 35.1 Å². The third-order valence-corrected chi connectivity index (χ3v) is 1.83. The maximum Gasteiger partial charge on any atom is 0.293 e. The first-order valence-electron chi connectivity index (χ1n) is 3.55. The molecule has 5 heteroatoms. The molecule has 1 aliphatic rings. The molecular weight excluding hydrogens is 197 g/mol. The van der Waals surface area contributed by atoms with Crippen LogP contribution in [0.2, 0.25) is 0 Å². The molecule has 1 aromatic heterocycles. The summed E-state index contributed by atoms with van der Waals surface area (Å²) in [6, 6.07) is 0. The van der Waals surface area contributed by atoms with E-state index in [2.05, 4.69) is 21.5 Å². The van der Waals surface area contributed by atoms with Crippen molar-refractivity contribution in [3.63, 3.8) is 0 Å². The van der Waals surface area contributed by atoms with Crippen LogP contribution in [-0.2, 0) is 13.1 Å². The van der Waals surface area contributed by atoms with Crippen molar-refractivity contribution >= 4 is 0 Å². The molecule has 12 heavy (non-hydrogen) atoms. The molecule has 0 atom stereocenters. The quantitative estimate of drug-likeness (QED) is 0.452. The molecule has 0 bridgehead atoms. The predicted octanol–water partition coefficient (Wildman–Crippen LogP) is -7.21. The summed E-state index contributed by atoms with van der Waals surface area (Å²) in [7, 11) is 0. The van der Waals surface area contributed by atoms with E-state index in [1.54, 1.807) is 0 Å². The van der Waals surface area contributed by atoms with Gasteiger partial charge in [0.2, 0.25) is 5.69 Å². The smallest absolute Gasteiger partial charge is 0.293 e. The Morgan fingerprint density at radius 1 is 1.42 bits per heavy atom. The molecule has 0 amide bonds. The fraction of sp³-hybridized carbons (Fsp3) is 0.429. The van der Waals surface area contributed by atoms with Crippen LogP contribution in [0.5, 0.6) is 0 Å². The van der Waals surface area contributed by atoms with E-state index in [1.165, 1.54) is 11.3 Å². The molecule has 2 heterocycles. The van der Waals surface area contributed by atoms with Gasteiger partial charge in [-0.3, -0.25) is 0 Å². The van der Waals surface area contributed by atoms with Gasteiger partial charge in [-0.15, -0.1) is 0 Å². The van der Waals surface area contributed by atoms with Gasteiger partial charge in [-0.25, -0.2) is 4.98 Å². The first-order chi connectivity index (χ1) is 4.86. The lowest BCUT2D eigenvalue weighted by Gasteiger charge is -1.83. The van der Waals surface area contributed by atoms with Crippen molar-refractivity contribution in [2.24, 2.45) is 0 Å². The van der Waals surface area contributed by atoms with E-state index in [4.69, 9.17) is 0 Å². The second kappa shape index (κ2) is 4.60. The molecule has 68 valence electrons. The molecule has 1 aliphatic heterocycles. The molecule has 0 saturated heterocycles. The average molecular weight is 208 g/mol. The fourth-order valence-electron chi connectivity index (χ4n) is 1.30. The molecule has 3 N–H and O–H groups in total. The van der Waals surface area contributed by atoms with Crippen LogP contribution in [-0.4, -0.2) is 4.98 Å². The lowest BCUT2D eigenvalue weighted by Crippen LogP contribution is -3.00. The van der Waals surface area contributed by atoms with E-state index in [9.17, 15) is 0 Å². The first-order valence-corrected chi connectivity index (χ1v) is 3.55. The molecule has 0 unspecified atom stereocenters. The number of rotatable bonds is 0. The van der Waals surface area contributed by atoms with Crippen LogP contribution in [0.15, 0.2) is 6.20 Å². The Labute approximate surface area is 83.8 Å². The molecule has 2 rings (SSSR count). The van der Waals surface area contributed by atoms with Gasteiger partial charge in [-0.2, -0.15) is 0 Å². The number of fused-ring (bicyclic) bond motifs is 1. The number of nitrogens with zero attached hydrogens (tertiary/aromatic N) is 1. The molecule has 0 spiro atoms. The number of nitrogens with two attached hydrogens (primary N) is 1. The van der Waals surface area contributed by atoms with E-state index in [0.29, 0.717) is 0 Å². The maximum atomic E-state index is 4.37. The molecule has 3 nitrogen and oxygen atoms in total. The third kappa shape index (κ3) is 2.06. The van der Waals surface area contributed by atoms with Gasteiger partial charge in [0.25, 0.3) is 5.82 Å². The highest BCUT2D eigenvalue weighted by Crippen LogP contribution is 2.03. The number of aromatic nitrogens is 2. The van der Waals surface area contributed by atoms with E-state index in [-0.39, 0.29) is 24.8 Å². The number of aromatic amines is 1. The van der Waals surface area contributed by atoms with E-state index < -0.39 is 0 Å². The van der Waals surface area contributed by atoms with E-state index in [0.717, 1.165) is 18.9 Å². The Hall–Kier alpha value is -0.380. The van der Waals surface area contributed by atoms with Crippen molar-refractivity contribution in [1.29, 1.82) is 0 Å². The Kier molecular flexibility index (Phi) is 4.45. The van der Waals surface area contributed by atoms with Crippen molar-refractivity contribution < 1.29 is 35.1 Å². The largest absolute Gasteiger partial charge is 1.00 e. The van der Waals surface area contributed by atoms with Gasteiger partial charge >= 0.3 is 0 Å². The van der Waals surface area contributed by atoms with Crippen molar-refractivity contribution in [3.8, 4) is 0 Å². The number of hydrogen-bond donors (Lipinski definition) is 1. The number of aryl methyl sites for hydroxylation is 1. The molecule has 0 radical (unpaired) electrons. The summed E-state index contributed by atoms with van der Waals surface area (Å²) in [6.07, 6.45) is 2.06. The summed E-state index contributed by atoms with van der Waals surface area (Å²) in [6.45, 7) is 4.11. The van der Waals surface area contributed by atoms with Crippen molar-refractivity contribution in [2.45, 2.75) is 20.0 Å². The topological polar surface area (TPSA) is 43.6 Å². The minimum atomic E-state index is 0.